The van der Waals surface area contributed by atoms with Gasteiger partial charge in [-0.2, -0.15) is 0 Å². The third-order valence-corrected chi connectivity index (χ3v) is 3.44. The van der Waals surface area contributed by atoms with E-state index in [9.17, 15) is 0 Å². The zero-order valence-electron chi connectivity index (χ0n) is 9.70. The highest BCUT2D eigenvalue weighted by Gasteiger charge is 1.99. The summed E-state index contributed by atoms with van der Waals surface area (Å²) in [5, 5.41) is 3.43. The molecule has 15 heavy (non-hydrogen) atoms. The van der Waals surface area contributed by atoms with E-state index in [2.05, 4.69) is 49.5 Å². The summed E-state index contributed by atoms with van der Waals surface area (Å²) >= 11 is 1.95. The Balaban J connectivity index is 2.07. The lowest BCUT2D eigenvalue weighted by molar-refractivity contribution is 0.526. The quantitative estimate of drug-likeness (QED) is 0.560. The lowest BCUT2D eigenvalue weighted by atomic mass is 10.2. The summed E-state index contributed by atoms with van der Waals surface area (Å²) in [6, 6.07) is 11.3. The van der Waals surface area contributed by atoms with E-state index in [4.69, 9.17) is 0 Å². The fraction of sp³-hybridized carbons (Fsp3) is 0.538. The average Bonchev–Trinajstić information content (AvgIpc) is 2.26. The van der Waals surface area contributed by atoms with E-state index >= 15 is 0 Å². The molecule has 0 bridgehead atoms. The van der Waals surface area contributed by atoms with Gasteiger partial charge in [0, 0.05) is 10.9 Å². The first-order chi connectivity index (χ1) is 7.33. The summed E-state index contributed by atoms with van der Waals surface area (Å²) in [4.78, 5) is 1.38. The molecule has 84 valence electrons. The molecule has 1 atom stereocenters. The van der Waals surface area contributed by atoms with Crippen LogP contribution in [-0.4, -0.2) is 18.3 Å². The van der Waals surface area contributed by atoms with Crippen molar-refractivity contribution in [2.45, 2.75) is 37.6 Å². The molecular formula is C13H21NS. The van der Waals surface area contributed by atoms with Gasteiger partial charge in [-0.05, 0) is 44.2 Å². The highest BCUT2D eigenvalue weighted by atomic mass is 32.2. The Morgan fingerprint density at radius 1 is 1.27 bits per heavy atom. The second kappa shape index (κ2) is 7.77. The Hall–Kier alpha value is -0.470. The van der Waals surface area contributed by atoms with E-state index in [-0.39, 0.29) is 0 Å². The summed E-state index contributed by atoms with van der Waals surface area (Å²) in [5.41, 5.74) is 0. The van der Waals surface area contributed by atoms with Gasteiger partial charge in [0.1, 0.15) is 0 Å². The zero-order chi connectivity index (χ0) is 10.9. The molecule has 1 aromatic carbocycles. The molecule has 0 saturated heterocycles. The molecule has 1 N–H and O–H groups in total. The van der Waals surface area contributed by atoms with Gasteiger partial charge < -0.3 is 5.32 Å². The van der Waals surface area contributed by atoms with Crippen LogP contribution in [0.4, 0.5) is 0 Å². The van der Waals surface area contributed by atoms with Gasteiger partial charge in [0.2, 0.25) is 0 Å². The Morgan fingerprint density at radius 3 is 2.67 bits per heavy atom. The van der Waals surface area contributed by atoms with Crippen molar-refractivity contribution in [2.75, 3.05) is 12.3 Å². The molecule has 1 unspecified atom stereocenters. The van der Waals surface area contributed by atoms with Crippen LogP contribution < -0.4 is 5.32 Å². The van der Waals surface area contributed by atoms with Crippen molar-refractivity contribution in [3.63, 3.8) is 0 Å². The number of benzene rings is 1. The van der Waals surface area contributed by atoms with Crippen molar-refractivity contribution in [3.05, 3.63) is 30.3 Å². The second-order valence-electron chi connectivity index (χ2n) is 3.76. The van der Waals surface area contributed by atoms with E-state index in [0.29, 0.717) is 6.04 Å². The zero-order valence-corrected chi connectivity index (χ0v) is 10.5. The summed E-state index contributed by atoms with van der Waals surface area (Å²) in [6.07, 6.45) is 2.56. The van der Waals surface area contributed by atoms with Gasteiger partial charge in [-0.25, -0.2) is 0 Å². The van der Waals surface area contributed by atoms with Gasteiger partial charge in [0.15, 0.2) is 0 Å². The maximum Gasteiger partial charge on any atom is 0.00719 e. The van der Waals surface area contributed by atoms with E-state index in [1.54, 1.807) is 0 Å². The average molecular weight is 223 g/mol. The van der Waals surface area contributed by atoms with Crippen LogP contribution in [-0.2, 0) is 0 Å². The summed E-state index contributed by atoms with van der Waals surface area (Å²) in [7, 11) is 0. The van der Waals surface area contributed by atoms with Crippen molar-refractivity contribution < 1.29 is 0 Å². The van der Waals surface area contributed by atoms with Crippen molar-refractivity contribution in [1.82, 2.24) is 5.32 Å². The molecule has 0 aliphatic rings. The lowest BCUT2D eigenvalue weighted by Crippen LogP contribution is -2.25. The molecule has 0 heterocycles. The maximum atomic E-state index is 3.43. The lowest BCUT2D eigenvalue weighted by Gasteiger charge is -2.11. The predicted octanol–water partition coefficient (Wildman–Crippen LogP) is 3.56. The number of rotatable bonds is 7. The van der Waals surface area contributed by atoms with E-state index < -0.39 is 0 Å². The normalized spacial score (nSPS) is 12.7. The molecule has 0 aliphatic heterocycles. The summed E-state index contributed by atoms with van der Waals surface area (Å²) in [5.74, 6) is 1.22. The fourth-order valence-electron chi connectivity index (χ4n) is 1.55. The molecule has 0 spiro atoms. The monoisotopic (exact) mass is 223 g/mol. The van der Waals surface area contributed by atoms with Crippen LogP contribution in [0.25, 0.3) is 0 Å². The van der Waals surface area contributed by atoms with Gasteiger partial charge >= 0.3 is 0 Å². The topological polar surface area (TPSA) is 12.0 Å². The standard InChI is InChI=1S/C13H21NS/c1-3-14-12(2)8-7-11-15-13-9-5-4-6-10-13/h4-6,9-10,12,14H,3,7-8,11H2,1-2H3. The summed E-state index contributed by atoms with van der Waals surface area (Å²) < 4.78 is 0. The first kappa shape index (κ1) is 12.6. The van der Waals surface area contributed by atoms with Crippen LogP contribution in [0.3, 0.4) is 0 Å². The minimum absolute atomic E-state index is 0.659. The summed E-state index contributed by atoms with van der Waals surface area (Å²) in [6.45, 7) is 5.50. The molecule has 0 amide bonds. The molecule has 1 nitrogen and oxygen atoms in total. The molecule has 0 aromatic heterocycles. The molecular weight excluding hydrogens is 202 g/mol. The number of nitrogens with one attached hydrogen (secondary N) is 1. The van der Waals surface area contributed by atoms with E-state index in [0.717, 1.165) is 6.54 Å². The van der Waals surface area contributed by atoms with Crippen LogP contribution in [0.2, 0.25) is 0 Å². The third kappa shape index (κ3) is 5.85. The molecule has 0 fully saturated rings. The van der Waals surface area contributed by atoms with Gasteiger partial charge in [-0.1, -0.05) is 25.1 Å². The second-order valence-corrected chi connectivity index (χ2v) is 4.93. The Kier molecular flexibility index (Phi) is 6.53. The van der Waals surface area contributed by atoms with E-state index in [1.807, 2.05) is 11.8 Å². The van der Waals surface area contributed by atoms with Gasteiger partial charge in [0.25, 0.3) is 0 Å². The van der Waals surface area contributed by atoms with Crippen LogP contribution in [0.5, 0.6) is 0 Å². The number of hydrogen-bond donors (Lipinski definition) is 1. The molecule has 1 aromatic rings. The Labute approximate surface area is 97.7 Å². The molecule has 1 rings (SSSR count). The first-order valence-corrected chi connectivity index (χ1v) is 6.72. The Bertz CT molecular complexity index is 248. The van der Waals surface area contributed by atoms with Crippen molar-refractivity contribution in [1.29, 1.82) is 0 Å². The minimum atomic E-state index is 0.659. The predicted molar refractivity (Wildman–Crippen MR) is 69.5 cm³/mol. The van der Waals surface area contributed by atoms with Crippen LogP contribution in [0, 0.1) is 0 Å². The molecule has 0 aliphatic carbocycles. The number of thioether (sulfide) groups is 1. The smallest absolute Gasteiger partial charge is 0.00719 e. The van der Waals surface area contributed by atoms with Gasteiger partial charge in [-0.3, -0.25) is 0 Å². The first-order valence-electron chi connectivity index (χ1n) is 5.74. The van der Waals surface area contributed by atoms with Crippen molar-refractivity contribution in [3.8, 4) is 0 Å². The minimum Gasteiger partial charge on any atom is -0.315 e. The van der Waals surface area contributed by atoms with Crippen LogP contribution in [0.15, 0.2) is 35.2 Å². The van der Waals surface area contributed by atoms with Gasteiger partial charge in [-0.15, -0.1) is 11.8 Å². The van der Waals surface area contributed by atoms with Gasteiger partial charge in [0.05, 0.1) is 0 Å². The third-order valence-electron chi connectivity index (χ3n) is 2.35. The Morgan fingerprint density at radius 2 is 2.00 bits per heavy atom. The van der Waals surface area contributed by atoms with Crippen LogP contribution in [0.1, 0.15) is 26.7 Å². The molecule has 0 radical (unpaired) electrons. The highest BCUT2D eigenvalue weighted by molar-refractivity contribution is 7.99. The van der Waals surface area contributed by atoms with Crippen molar-refractivity contribution in [2.24, 2.45) is 0 Å². The molecule has 0 saturated carbocycles. The fourth-order valence-corrected chi connectivity index (χ4v) is 2.44. The molecule has 2 heteroatoms. The van der Waals surface area contributed by atoms with E-state index in [1.165, 1.54) is 23.5 Å². The SMILES string of the molecule is CCNC(C)CCCSc1ccccc1. The van der Waals surface area contributed by atoms with Crippen molar-refractivity contribution >= 4 is 11.8 Å². The largest absolute Gasteiger partial charge is 0.315 e. The highest BCUT2D eigenvalue weighted by Crippen LogP contribution is 2.18. The van der Waals surface area contributed by atoms with Crippen LogP contribution >= 0.6 is 11.8 Å². The maximum absolute atomic E-state index is 3.43. The number of hydrogen-bond acceptors (Lipinski definition) is 2.